The number of hydrogen-bond donors (Lipinski definition) is 2. The van der Waals surface area contributed by atoms with Crippen molar-refractivity contribution in [2.45, 2.75) is 31.5 Å². The smallest absolute Gasteiger partial charge is 0.490 e. The number of rotatable bonds is 11. The number of amidine groups is 1. The molecule has 2 N–H and O–H groups in total. The standard InChI is InChI=1S/C25H34N4O5S.C2HF3O2/c1-18-14-22(33-5)15-19(2)24(18)35(31,32)29(4)12-13-34-17-23(30)28(3)16-20-6-8-21(9-7-20)25-26-10-11-27-25;3-2(4,5)1(6)7/h6-9,14-15H,10-13,16-17H2,1-5H3,(H,26,27);(H,6,7). The number of carboxylic acid groups (broad SMARTS) is 1. The number of sulfonamides is 1. The monoisotopic (exact) mass is 616 g/mol. The van der Waals surface area contributed by atoms with Gasteiger partial charge in [-0.25, -0.2) is 13.2 Å². The van der Waals surface area contributed by atoms with Crippen LogP contribution in [0.2, 0.25) is 0 Å². The van der Waals surface area contributed by atoms with Gasteiger partial charge < -0.3 is 24.8 Å². The highest BCUT2D eigenvalue weighted by Gasteiger charge is 2.38. The molecule has 0 radical (unpaired) electrons. The zero-order chi connectivity index (χ0) is 31.7. The van der Waals surface area contributed by atoms with E-state index in [0.717, 1.165) is 30.1 Å². The van der Waals surface area contributed by atoms with Gasteiger partial charge in [-0.3, -0.25) is 9.79 Å². The maximum atomic E-state index is 13.1. The van der Waals surface area contributed by atoms with Crippen molar-refractivity contribution >= 4 is 27.7 Å². The average Bonchev–Trinajstić information content (AvgIpc) is 3.45. The van der Waals surface area contributed by atoms with Gasteiger partial charge in [-0.1, -0.05) is 24.3 Å². The van der Waals surface area contributed by atoms with Crippen molar-refractivity contribution in [2.24, 2.45) is 4.99 Å². The lowest BCUT2D eigenvalue weighted by Crippen LogP contribution is -2.33. The summed E-state index contributed by atoms with van der Waals surface area (Å²) in [7, 11) is 1.07. The van der Waals surface area contributed by atoms with E-state index in [9.17, 15) is 26.4 Å². The van der Waals surface area contributed by atoms with E-state index in [1.54, 1.807) is 45.0 Å². The number of carbonyl (C=O) groups excluding carboxylic acids is 1. The Hall–Kier alpha value is -3.69. The van der Waals surface area contributed by atoms with E-state index in [0.29, 0.717) is 23.4 Å². The van der Waals surface area contributed by atoms with Crippen LogP contribution in [-0.4, -0.2) is 101 Å². The van der Waals surface area contributed by atoms with Crippen LogP contribution in [0, 0.1) is 13.8 Å². The quantitative estimate of drug-likeness (QED) is 0.368. The van der Waals surface area contributed by atoms with Gasteiger partial charge in [0.15, 0.2) is 0 Å². The topological polar surface area (TPSA) is 138 Å². The highest BCUT2D eigenvalue weighted by molar-refractivity contribution is 7.89. The summed E-state index contributed by atoms with van der Waals surface area (Å²) in [5, 5.41) is 10.4. The van der Waals surface area contributed by atoms with Gasteiger partial charge in [0.2, 0.25) is 15.9 Å². The Morgan fingerprint density at radius 3 is 2.14 bits per heavy atom. The van der Waals surface area contributed by atoms with Crippen LogP contribution in [0.15, 0.2) is 46.3 Å². The third-order valence-corrected chi connectivity index (χ3v) is 8.27. The number of amides is 1. The number of aliphatic imine (C=N–C) groups is 1. The Balaban J connectivity index is 0.000000782. The third-order valence-electron chi connectivity index (χ3n) is 6.10. The average molecular weight is 617 g/mol. The molecular weight excluding hydrogens is 581 g/mol. The number of carbonyl (C=O) groups is 2. The van der Waals surface area contributed by atoms with Gasteiger partial charge in [-0.2, -0.15) is 17.5 Å². The zero-order valence-electron chi connectivity index (χ0n) is 24.0. The number of aryl methyl sites for hydroxylation is 2. The van der Waals surface area contributed by atoms with Gasteiger partial charge in [-0.05, 0) is 42.7 Å². The summed E-state index contributed by atoms with van der Waals surface area (Å²) in [5.74, 6) is -1.42. The summed E-state index contributed by atoms with van der Waals surface area (Å²) in [4.78, 5) is 27.6. The van der Waals surface area contributed by atoms with E-state index in [1.807, 2.05) is 24.3 Å². The highest BCUT2D eigenvalue weighted by atomic mass is 32.2. The maximum absolute atomic E-state index is 13.1. The number of nitrogens with zero attached hydrogens (tertiary/aromatic N) is 3. The number of halogens is 3. The molecule has 232 valence electrons. The maximum Gasteiger partial charge on any atom is 0.490 e. The fourth-order valence-corrected chi connectivity index (χ4v) is 5.45. The molecule has 1 heterocycles. The van der Waals surface area contributed by atoms with Crippen LogP contribution in [0.3, 0.4) is 0 Å². The number of hydrogen-bond acceptors (Lipinski definition) is 8. The largest absolute Gasteiger partial charge is 0.497 e. The lowest BCUT2D eigenvalue weighted by Gasteiger charge is -2.21. The lowest BCUT2D eigenvalue weighted by molar-refractivity contribution is -0.192. The minimum Gasteiger partial charge on any atom is -0.497 e. The normalized spacial score (nSPS) is 13.1. The summed E-state index contributed by atoms with van der Waals surface area (Å²) in [6.07, 6.45) is -5.08. The minimum absolute atomic E-state index is 0.105. The van der Waals surface area contributed by atoms with Crippen molar-refractivity contribution in [3.63, 3.8) is 0 Å². The van der Waals surface area contributed by atoms with Crippen molar-refractivity contribution in [1.82, 2.24) is 14.5 Å². The van der Waals surface area contributed by atoms with Crippen molar-refractivity contribution in [2.75, 3.05) is 54.1 Å². The Morgan fingerprint density at radius 2 is 1.67 bits per heavy atom. The summed E-state index contributed by atoms with van der Waals surface area (Å²) in [5.41, 5.74) is 3.26. The van der Waals surface area contributed by atoms with Crippen LogP contribution >= 0.6 is 0 Å². The number of benzene rings is 2. The van der Waals surface area contributed by atoms with E-state index in [-0.39, 0.29) is 30.6 Å². The Labute approximate surface area is 243 Å². The molecule has 42 heavy (non-hydrogen) atoms. The molecule has 0 saturated carbocycles. The van der Waals surface area contributed by atoms with Crippen LogP contribution in [-0.2, 0) is 30.9 Å². The first-order valence-corrected chi connectivity index (χ1v) is 14.1. The molecule has 0 fully saturated rings. The van der Waals surface area contributed by atoms with E-state index in [4.69, 9.17) is 19.4 Å². The molecule has 0 unspecified atom stereocenters. The molecule has 1 amide bonds. The van der Waals surface area contributed by atoms with Crippen molar-refractivity contribution in [1.29, 1.82) is 0 Å². The number of carboxylic acids is 1. The summed E-state index contributed by atoms with van der Waals surface area (Å²) >= 11 is 0. The zero-order valence-corrected chi connectivity index (χ0v) is 24.8. The van der Waals surface area contributed by atoms with Crippen LogP contribution in [0.5, 0.6) is 5.75 Å². The van der Waals surface area contributed by atoms with Crippen molar-refractivity contribution < 1.29 is 45.8 Å². The second-order valence-electron chi connectivity index (χ2n) is 9.38. The summed E-state index contributed by atoms with van der Waals surface area (Å²) in [6, 6.07) is 11.3. The first kappa shape index (κ1) is 34.5. The predicted octanol–water partition coefficient (Wildman–Crippen LogP) is 2.59. The molecule has 0 aliphatic carbocycles. The number of likely N-dealkylation sites (N-methyl/N-ethyl adjacent to an activating group) is 2. The Bertz CT molecular complexity index is 1360. The van der Waals surface area contributed by atoms with Crippen LogP contribution in [0.1, 0.15) is 22.3 Å². The molecule has 0 aromatic heterocycles. The number of aliphatic carboxylic acids is 1. The minimum atomic E-state index is -5.08. The Morgan fingerprint density at radius 1 is 1.10 bits per heavy atom. The molecule has 1 aliphatic rings. The predicted molar refractivity (Wildman–Crippen MR) is 149 cm³/mol. The molecule has 0 atom stereocenters. The second-order valence-corrected chi connectivity index (χ2v) is 11.4. The van der Waals surface area contributed by atoms with Gasteiger partial charge in [0, 0.05) is 39.3 Å². The molecule has 2 aromatic carbocycles. The van der Waals surface area contributed by atoms with Crippen molar-refractivity contribution in [3.8, 4) is 5.75 Å². The molecule has 2 aromatic rings. The first-order valence-electron chi connectivity index (χ1n) is 12.7. The molecule has 11 nitrogen and oxygen atoms in total. The highest BCUT2D eigenvalue weighted by Crippen LogP contribution is 2.27. The number of methoxy groups -OCH3 is 1. The lowest BCUT2D eigenvalue weighted by atomic mass is 10.1. The molecule has 0 saturated heterocycles. The summed E-state index contributed by atoms with van der Waals surface area (Å²) in [6.45, 7) is 5.70. The van der Waals surface area contributed by atoms with Gasteiger partial charge in [0.05, 0.1) is 25.2 Å². The van der Waals surface area contributed by atoms with E-state index in [1.165, 1.54) is 11.4 Å². The van der Waals surface area contributed by atoms with Crippen LogP contribution < -0.4 is 10.1 Å². The molecule has 15 heteroatoms. The number of nitrogens with one attached hydrogen (secondary N) is 1. The molecule has 0 bridgehead atoms. The van der Waals surface area contributed by atoms with Gasteiger partial charge in [0.1, 0.15) is 18.2 Å². The first-order chi connectivity index (χ1) is 19.6. The van der Waals surface area contributed by atoms with Gasteiger partial charge in [-0.15, -0.1) is 0 Å². The fourth-order valence-electron chi connectivity index (χ4n) is 3.90. The van der Waals surface area contributed by atoms with Crippen molar-refractivity contribution in [3.05, 3.63) is 58.7 Å². The molecule has 3 rings (SSSR count). The van der Waals surface area contributed by atoms with Crippen LogP contribution in [0.4, 0.5) is 13.2 Å². The van der Waals surface area contributed by atoms with Gasteiger partial charge >= 0.3 is 12.1 Å². The molecular formula is C27H35F3N4O7S. The van der Waals surface area contributed by atoms with E-state index < -0.39 is 22.2 Å². The van der Waals surface area contributed by atoms with Gasteiger partial charge in [0.25, 0.3) is 0 Å². The number of ether oxygens (including phenoxy) is 2. The van der Waals surface area contributed by atoms with E-state index >= 15 is 0 Å². The fraction of sp³-hybridized carbons (Fsp3) is 0.444. The Kier molecular flexibility index (Phi) is 12.3. The van der Waals surface area contributed by atoms with E-state index in [2.05, 4.69) is 10.3 Å². The third kappa shape index (κ3) is 9.70. The molecule has 0 spiro atoms. The van der Waals surface area contributed by atoms with Crippen LogP contribution in [0.25, 0.3) is 0 Å². The summed E-state index contributed by atoms with van der Waals surface area (Å²) < 4.78 is 69.8. The number of alkyl halides is 3. The second kappa shape index (κ2) is 15.0. The SMILES string of the molecule is COc1cc(C)c(S(=O)(=O)N(C)CCOCC(=O)N(C)Cc2ccc(C3=NCCN3)cc2)c(C)c1.O=C(O)C(F)(F)F. The molecule has 1 aliphatic heterocycles.